The zero-order chi connectivity index (χ0) is 81.3. The van der Waals surface area contributed by atoms with Crippen molar-refractivity contribution in [1.82, 2.24) is 51.9 Å². The number of rotatable bonds is 10. The van der Waals surface area contributed by atoms with E-state index >= 15 is 0 Å². The third kappa shape index (κ3) is 16.2. The predicted molar refractivity (Wildman–Crippen MR) is 474 cm³/mol. The number of para-hydroxylation sites is 4. The molecule has 0 aliphatic carbocycles. The van der Waals surface area contributed by atoms with Gasteiger partial charge in [0, 0.05) is 193 Å². The summed E-state index contributed by atoms with van der Waals surface area (Å²) in [7, 11) is 1.95. The number of hydrogen-bond acceptors (Lipinski definition) is 5. The zero-order valence-corrected chi connectivity index (χ0v) is 77.4. The minimum atomic E-state index is -0.250. The fraction of sp³-hybridized carbons (Fsp3) is 0.0769. The standard InChI is InChI=1S/C30H23FN3.C27H17FN3.C25H21N2O.C22H15FN3.4Ir/c1-19-15-20(2)29(21(3)16-19)33-14-13-32-30(33)22-9-11-27-25(17-22)26-18-23(31)10-12-28(26)34(27)24-7-5-4-6-8-24;28-20-12-14-26-24(18-20)23-17-19(11-13-25(23)31(26)22-9-5-2-6-10-22)27-29-15-16-30(27)21-7-3-1-4-8-21;1-15-5-7-22-20(13-15)21-14-19(6-8-23(21)28-22)25-26-9-10-27(25)24-17(3)11-16(2)12-18(24)4;1-25-12-11-24-22(25)15-7-9-20-18(13-15)19-14-16(23)8-10-21(19)26(20)17-5-3-2-4-6-17;;;;/h4-8,10-18H,1-3H3;1-10,12-18H;5,7-14H,1-4H3;2-6,8-14H,1H3;;;;/q4*-1;;;;. The average Bonchev–Trinajstić information content (AvgIpc) is 1.61. The number of aryl methyl sites for hydroxylation is 8. The van der Waals surface area contributed by atoms with Crippen LogP contribution in [0.5, 0.6) is 0 Å². The van der Waals surface area contributed by atoms with Crippen LogP contribution in [0.2, 0.25) is 0 Å². The van der Waals surface area contributed by atoms with Gasteiger partial charge in [0.2, 0.25) is 0 Å². The number of halogens is 3. The fourth-order valence-electron chi connectivity index (χ4n) is 17.1. The van der Waals surface area contributed by atoms with Gasteiger partial charge >= 0.3 is 0 Å². The van der Waals surface area contributed by atoms with Crippen LogP contribution in [0.15, 0.2) is 321 Å². The maximum absolute atomic E-state index is 14.3. The summed E-state index contributed by atoms with van der Waals surface area (Å²) in [5.41, 5.74) is 26.2. The zero-order valence-electron chi connectivity index (χ0n) is 67.8. The maximum Gasteiger partial charge on any atom is 0.123 e. The molecule has 4 radical (unpaired) electrons. The van der Waals surface area contributed by atoms with Crippen LogP contribution in [0, 0.1) is 90.2 Å². The first-order valence-corrected chi connectivity index (χ1v) is 39.3. The Labute approximate surface area is 763 Å². The summed E-state index contributed by atoms with van der Waals surface area (Å²) in [4.78, 5) is 18.3. The van der Waals surface area contributed by atoms with E-state index in [1.54, 1.807) is 30.6 Å². The van der Waals surface area contributed by atoms with Crippen molar-refractivity contribution in [2.75, 3.05) is 0 Å². The quantitative estimate of drug-likeness (QED) is 0.127. The van der Waals surface area contributed by atoms with Crippen LogP contribution in [-0.2, 0) is 87.5 Å². The van der Waals surface area contributed by atoms with E-state index < -0.39 is 0 Å². The second-order valence-electron chi connectivity index (χ2n) is 30.2. The SMILES string of the molecule is Cc1cc(C)c(-n2ccnc2-c2[c-]cc3c(c2)c2cc(F)ccc2n3-c2ccccc2)c(C)c1.Cc1cc(C)c(-n2ccnc2-c2[c-]cc3oc4ccc(C)cc4c3c2)c(C)c1.Cn1ccnc1-c1[c-]cc2c(c1)c1cc(F)ccc1n2-c1ccccc1.Fc1ccc2c(c1)c1cc(-c3nccn3-c3ccccc3)[c-]cc1n2-c1ccccc1.[Ir].[Ir].[Ir].[Ir]. The van der Waals surface area contributed by atoms with Crippen LogP contribution >= 0.6 is 0 Å². The summed E-state index contributed by atoms with van der Waals surface area (Å²) in [6, 6.07) is 100. The molecule has 0 N–H and O–H groups in total. The largest absolute Gasteiger partial charge is 0.500 e. The molecule has 12 nitrogen and oxygen atoms in total. The molecule has 0 bridgehead atoms. The summed E-state index contributed by atoms with van der Waals surface area (Å²) in [5.74, 6) is 2.60. The van der Waals surface area contributed by atoms with Crippen molar-refractivity contribution < 1.29 is 98.0 Å². The molecule has 0 saturated heterocycles. The van der Waals surface area contributed by atoms with E-state index in [-0.39, 0.29) is 97.9 Å². The molecule has 0 aliphatic heterocycles. The molecule has 123 heavy (non-hydrogen) atoms. The molecule has 0 atom stereocenters. The van der Waals surface area contributed by atoms with Gasteiger partial charge in [-0.15, -0.1) is 95.1 Å². The van der Waals surface area contributed by atoms with Crippen LogP contribution in [-0.4, -0.2) is 51.9 Å². The molecule has 0 aliphatic rings. The van der Waals surface area contributed by atoms with E-state index in [1.165, 1.54) is 62.8 Å². The van der Waals surface area contributed by atoms with E-state index in [0.717, 1.165) is 161 Å². The minimum Gasteiger partial charge on any atom is -0.500 e. The Morgan fingerprint density at radius 2 is 0.593 bits per heavy atom. The van der Waals surface area contributed by atoms with Crippen molar-refractivity contribution in [3.8, 4) is 79.7 Å². The molecule has 0 amide bonds. The molecule has 0 fully saturated rings. The third-order valence-corrected chi connectivity index (χ3v) is 22.1. The first-order chi connectivity index (χ1) is 58.0. The summed E-state index contributed by atoms with van der Waals surface area (Å²) < 4.78 is 63.2. The summed E-state index contributed by atoms with van der Waals surface area (Å²) in [6.45, 7) is 14.9. The van der Waals surface area contributed by atoms with Crippen LogP contribution < -0.4 is 0 Å². The number of fused-ring (bicyclic) bond motifs is 12. The number of aromatic nitrogens is 11. The molecule has 8 aromatic heterocycles. The van der Waals surface area contributed by atoms with E-state index in [1.807, 2.05) is 193 Å². The van der Waals surface area contributed by atoms with Crippen LogP contribution in [0.25, 0.3) is 167 Å². The van der Waals surface area contributed by atoms with Crippen molar-refractivity contribution in [2.24, 2.45) is 7.05 Å². The van der Waals surface area contributed by atoms with Gasteiger partial charge in [-0.3, -0.25) is 19.9 Å². The average molecular weight is 2320 g/mol. The van der Waals surface area contributed by atoms with Gasteiger partial charge in [0.1, 0.15) is 23.0 Å². The third-order valence-electron chi connectivity index (χ3n) is 22.1. The molecule has 0 unspecified atom stereocenters. The normalized spacial score (nSPS) is 11.1. The molecular weight excluding hydrogens is 2250 g/mol. The molecular formula is C104H76F3Ir4N11O-4. The van der Waals surface area contributed by atoms with Gasteiger partial charge < -0.3 is 36.4 Å². The number of nitrogens with zero attached hydrogens (tertiary/aromatic N) is 11. The second kappa shape index (κ2) is 35.9. The smallest absolute Gasteiger partial charge is 0.123 e. The van der Waals surface area contributed by atoms with E-state index in [9.17, 15) is 13.2 Å². The van der Waals surface area contributed by atoms with Gasteiger partial charge in [-0.2, -0.15) is 0 Å². The van der Waals surface area contributed by atoms with Crippen molar-refractivity contribution in [3.05, 3.63) is 397 Å². The number of furan rings is 1. The van der Waals surface area contributed by atoms with Crippen LogP contribution in [0.1, 0.15) is 38.9 Å². The van der Waals surface area contributed by atoms with E-state index in [2.05, 4.69) is 206 Å². The number of hydrogen-bond donors (Lipinski definition) is 0. The van der Waals surface area contributed by atoms with Crippen LogP contribution in [0.4, 0.5) is 13.2 Å². The van der Waals surface area contributed by atoms with Crippen molar-refractivity contribution in [3.63, 3.8) is 0 Å². The predicted octanol–water partition coefficient (Wildman–Crippen LogP) is 25.7. The molecule has 19 heteroatoms. The monoisotopic (exact) mass is 2320 g/mol. The van der Waals surface area contributed by atoms with Gasteiger partial charge in [0.15, 0.2) is 0 Å². The van der Waals surface area contributed by atoms with Crippen LogP contribution in [0.3, 0.4) is 0 Å². The molecule has 22 aromatic rings. The minimum absolute atomic E-state index is 0. The Bertz CT molecular complexity index is 7600. The second-order valence-corrected chi connectivity index (χ2v) is 30.2. The maximum atomic E-state index is 14.3. The van der Waals surface area contributed by atoms with Gasteiger partial charge in [0.25, 0.3) is 0 Å². The van der Waals surface area contributed by atoms with Gasteiger partial charge in [-0.05, 0) is 219 Å². The fourth-order valence-corrected chi connectivity index (χ4v) is 17.1. The van der Waals surface area contributed by atoms with Crippen molar-refractivity contribution >= 4 is 87.4 Å². The molecule has 14 aromatic carbocycles. The summed E-state index contributed by atoms with van der Waals surface area (Å²) >= 11 is 0. The van der Waals surface area contributed by atoms with E-state index in [0.29, 0.717) is 0 Å². The Morgan fingerprint density at radius 3 is 0.976 bits per heavy atom. The summed E-state index contributed by atoms with van der Waals surface area (Å²) in [5, 5.41) is 7.77. The Balaban J connectivity index is 0.000000126. The van der Waals surface area contributed by atoms with Gasteiger partial charge in [-0.1, -0.05) is 141 Å². The Morgan fingerprint density at radius 1 is 0.276 bits per heavy atom. The Kier molecular flexibility index (Phi) is 25.0. The molecule has 22 rings (SSSR count). The molecule has 0 spiro atoms. The molecule has 8 heterocycles. The number of benzene rings is 14. The number of imidazole rings is 4. The molecule has 0 saturated carbocycles. The van der Waals surface area contributed by atoms with Gasteiger partial charge in [0.05, 0.1) is 28.9 Å². The van der Waals surface area contributed by atoms with Crippen molar-refractivity contribution in [2.45, 2.75) is 48.5 Å². The van der Waals surface area contributed by atoms with E-state index in [4.69, 9.17) is 4.42 Å². The Hall–Kier alpha value is -12.5. The first kappa shape index (κ1) is 85.5. The molecule has 614 valence electrons. The van der Waals surface area contributed by atoms with Crippen molar-refractivity contribution in [1.29, 1.82) is 0 Å². The first-order valence-electron chi connectivity index (χ1n) is 39.3. The summed E-state index contributed by atoms with van der Waals surface area (Å²) in [6.07, 6.45) is 15.1. The van der Waals surface area contributed by atoms with Gasteiger partial charge in [-0.25, -0.2) is 13.2 Å². The topological polar surface area (TPSA) is 99.2 Å².